The lowest BCUT2D eigenvalue weighted by molar-refractivity contribution is -0.00705. The minimum atomic E-state index is -2.97. The number of hydrogen-bond acceptors (Lipinski definition) is 5. The summed E-state index contributed by atoms with van der Waals surface area (Å²) in [5, 5.41) is 19.9. The molecule has 8 heteroatoms. The molecule has 4 aromatic rings. The van der Waals surface area contributed by atoms with Gasteiger partial charge < -0.3 is 9.73 Å². The molecule has 0 unspecified atom stereocenters. The number of nitrogens with zero attached hydrogens (tertiary/aromatic N) is 3. The topological polar surface area (TPSA) is 90.5 Å². The van der Waals surface area contributed by atoms with E-state index in [0.717, 1.165) is 10.9 Å². The van der Waals surface area contributed by atoms with E-state index >= 15 is 0 Å². The third-order valence-corrected chi connectivity index (χ3v) is 5.16. The molecule has 2 N–H and O–H groups in total. The van der Waals surface area contributed by atoms with Gasteiger partial charge in [0.15, 0.2) is 11.7 Å². The van der Waals surface area contributed by atoms with Crippen molar-refractivity contribution in [3.63, 3.8) is 0 Å². The van der Waals surface area contributed by atoms with E-state index in [0.29, 0.717) is 39.7 Å². The smallest absolute Gasteiger partial charge is 0.275 e. The second-order valence-electron chi connectivity index (χ2n) is 7.12. The van der Waals surface area contributed by atoms with Crippen molar-refractivity contribution in [2.45, 2.75) is 25.3 Å². The Bertz CT molecular complexity index is 1280. The summed E-state index contributed by atoms with van der Waals surface area (Å²) in [6, 6.07) is 10.8. The number of benzene rings is 2. The number of alkyl halides is 2. The van der Waals surface area contributed by atoms with Gasteiger partial charge in [-0.3, -0.25) is 5.10 Å². The van der Waals surface area contributed by atoms with Crippen LogP contribution >= 0.6 is 0 Å². The molecule has 0 radical (unpaired) electrons. The molecule has 1 aliphatic carbocycles. The van der Waals surface area contributed by atoms with Crippen molar-refractivity contribution in [3.8, 4) is 17.5 Å². The highest BCUT2D eigenvalue weighted by Gasteiger charge is 2.47. The standard InChI is InChI=1S/C21H15F2N5O/c1-11-25-10-18(29-11)19-16-7-14(3-5-17(16)27-28-19)26-20-15-4-2-12(9-24)6-13(15)8-21(20,22)23/h2-7,10,20,26H,8H2,1H3,(H,27,28)/t20-/m0/s1. The SMILES string of the molecule is Cc1ncc(-c2n[nH]c3ccc(N[C@H]4c5ccc(C#N)cc5CC4(F)F)cc23)o1. The van der Waals surface area contributed by atoms with Gasteiger partial charge in [0.05, 0.1) is 23.3 Å². The fourth-order valence-electron chi connectivity index (χ4n) is 3.81. The number of rotatable bonds is 3. The third-order valence-electron chi connectivity index (χ3n) is 5.16. The maximum absolute atomic E-state index is 14.7. The lowest BCUT2D eigenvalue weighted by Crippen LogP contribution is -2.28. The molecule has 0 bridgehead atoms. The second kappa shape index (κ2) is 6.14. The van der Waals surface area contributed by atoms with Crippen LogP contribution in [0.2, 0.25) is 0 Å². The molecule has 29 heavy (non-hydrogen) atoms. The van der Waals surface area contributed by atoms with Gasteiger partial charge in [-0.2, -0.15) is 10.4 Å². The van der Waals surface area contributed by atoms with E-state index in [4.69, 9.17) is 9.68 Å². The van der Waals surface area contributed by atoms with Crippen molar-refractivity contribution in [1.29, 1.82) is 5.26 Å². The number of anilines is 1. The molecule has 5 rings (SSSR count). The number of fused-ring (bicyclic) bond motifs is 2. The van der Waals surface area contributed by atoms with Crippen LogP contribution in [0, 0.1) is 18.3 Å². The molecule has 1 atom stereocenters. The van der Waals surface area contributed by atoms with E-state index in [1.165, 1.54) is 6.07 Å². The summed E-state index contributed by atoms with van der Waals surface area (Å²) in [4.78, 5) is 4.08. The van der Waals surface area contributed by atoms with Crippen LogP contribution in [-0.2, 0) is 6.42 Å². The molecule has 0 saturated carbocycles. The Morgan fingerprint density at radius 1 is 1.28 bits per heavy atom. The van der Waals surface area contributed by atoms with Crippen LogP contribution in [0.15, 0.2) is 47.0 Å². The number of nitrogens with one attached hydrogen (secondary N) is 2. The van der Waals surface area contributed by atoms with Crippen molar-refractivity contribution in [1.82, 2.24) is 15.2 Å². The number of aromatic amines is 1. The third kappa shape index (κ3) is 2.83. The number of hydrogen-bond donors (Lipinski definition) is 2. The monoisotopic (exact) mass is 391 g/mol. The Balaban J connectivity index is 1.53. The van der Waals surface area contributed by atoms with E-state index in [-0.39, 0.29) is 0 Å². The highest BCUT2D eigenvalue weighted by Crippen LogP contribution is 2.45. The first kappa shape index (κ1) is 17.4. The van der Waals surface area contributed by atoms with Crippen LogP contribution in [0.25, 0.3) is 22.4 Å². The Morgan fingerprint density at radius 2 is 2.14 bits per heavy atom. The van der Waals surface area contributed by atoms with Crippen LogP contribution < -0.4 is 5.32 Å². The predicted octanol–water partition coefficient (Wildman–Crippen LogP) is 4.74. The Labute approximate surface area is 164 Å². The van der Waals surface area contributed by atoms with Crippen molar-refractivity contribution in [3.05, 3.63) is 65.2 Å². The summed E-state index contributed by atoms with van der Waals surface area (Å²) in [7, 11) is 0. The van der Waals surface area contributed by atoms with Crippen LogP contribution in [0.1, 0.15) is 28.6 Å². The fourth-order valence-corrected chi connectivity index (χ4v) is 3.81. The molecule has 0 fully saturated rings. The maximum atomic E-state index is 14.7. The highest BCUT2D eigenvalue weighted by molar-refractivity contribution is 5.93. The molecule has 6 nitrogen and oxygen atoms in total. The molecule has 2 aromatic heterocycles. The van der Waals surface area contributed by atoms with Crippen LogP contribution in [-0.4, -0.2) is 21.1 Å². The van der Waals surface area contributed by atoms with Crippen molar-refractivity contribution < 1.29 is 13.2 Å². The quantitative estimate of drug-likeness (QED) is 0.526. The van der Waals surface area contributed by atoms with Crippen molar-refractivity contribution in [2.24, 2.45) is 0 Å². The Morgan fingerprint density at radius 3 is 2.90 bits per heavy atom. The number of H-pyrrole nitrogens is 1. The first-order chi connectivity index (χ1) is 13.9. The molecule has 0 aliphatic heterocycles. The van der Waals surface area contributed by atoms with Crippen LogP contribution in [0.5, 0.6) is 0 Å². The van der Waals surface area contributed by atoms with Crippen LogP contribution in [0.4, 0.5) is 14.5 Å². The fraction of sp³-hybridized carbons (Fsp3) is 0.190. The van der Waals surface area contributed by atoms with Gasteiger partial charge in [-0.1, -0.05) is 6.07 Å². The highest BCUT2D eigenvalue weighted by atomic mass is 19.3. The zero-order chi connectivity index (χ0) is 20.2. The average molecular weight is 391 g/mol. The first-order valence-electron chi connectivity index (χ1n) is 9.03. The molecule has 2 heterocycles. The minimum absolute atomic E-state index is 0.381. The molecular formula is C21H15F2N5O. The molecule has 144 valence electrons. The zero-order valence-corrected chi connectivity index (χ0v) is 15.3. The lowest BCUT2D eigenvalue weighted by Gasteiger charge is -2.22. The summed E-state index contributed by atoms with van der Waals surface area (Å²) < 4.78 is 35.0. The normalized spacial score (nSPS) is 17.2. The van der Waals surface area contributed by atoms with Gasteiger partial charge in [-0.25, -0.2) is 13.8 Å². The largest absolute Gasteiger partial charge is 0.439 e. The molecule has 1 aliphatic rings. The van der Waals surface area contributed by atoms with Crippen LogP contribution in [0.3, 0.4) is 0 Å². The summed E-state index contributed by atoms with van der Waals surface area (Å²) in [6.07, 6.45) is 1.19. The number of aryl methyl sites for hydroxylation is 1. The van der Waals surface area contributed by atoms with Crippen molar-refractivity contribution in [2.75, 3.05) is 5.32 Å². The summed E-state index contributed by atoms with van der Waals surface area (Å²) >= 11 is 0. The summed E-state index contributed by atoms with van der Waals surface area (Å²) in [6.45, 7) is 1.74. The predicted molar refractivity (Wildman–Crippen MR) is 102 cm³/mol. The second-order valence-corrected chi connectivity index (χ2v) is 7.12. The number of halogens is 2. The molecule has 2 aromatic carbocycles. The number of nitriles is 1. The van der Waals surface area contributed by atoms with Gasteiger partial charge in [0, 0.05) is 24.4 Å². The first-order valence-corrected chi connectivity index (χ1v) is 9.03. The van der Waals surface area contributed by atoms with E-state index in [1.807, 2.05) is 6.07 Å². The lowest BCUT2D eigenvalue weighted by atomic mass is 10.0. The van der Waals surface area contributed by atoms with Gasteiger partial charge in [-0.05, 0) is 41.5 Å². The molecule has 0 saturated heterocycles. The molecule has 0 amide bonds. The van der Waals surface area contributed by atoms with Gasteiger partial charge in [0.25, 0.3) is 5.92 Å². The molecule has 0 spiro atoms. The van der Waals surface area contributed by atoms with Gasteiger partial charge >= 0.3 is 0 Å². The van der Waals surface area contributed by atoms with E-state index in [9.17, 15) is 8.78 Å². The number of oxazole rings is 1. The minimum Gasteiger partial charge on any atom is -0.439 e. The number of aromatic nitrogens is 3. The maximum Gasteiger partial charge on any atom is 0.275 e. The van der Waals surface area contributed by atoms with E-state index in [2.05, 4.69) is 20.5 Å². The molecular weight excluding hydrogens is 376 g/mol. The average Bonchev–Trinajstić information content (AvgIpc) is 3.37. The van der Waals surface area contributed by atoms with Gasteiger partial charge in [0.1, 0.15) is 11.7 Å². The summed E-state index contributed by atoms with van der Waals surface area (Å²) in [5.41, 5.74) is 3.25. The summed E-state index contributed by atoms with van der Waals surface area (Å²) in [5.74, 6) is -1.94. The van der Waals surface area contributed by atoms with E-state index in [1.54, 1.807) is 43.5 Å². The van der Waals surface area contributed by atoms with Gasteiger partial charge in [-0.15, -0.1) is 0 Å². The van der Waals surface area contributed by atoms with E-state index < -0.39 is 18.4 Å². The van der Waals surface area contributed by atoms with Crippen molar-refractivity contribution >= 4 is 16.6 Å². The Kier molecular flexibility index (Phi) is 3.68. The zero-order valence-electron chi connectivity index (χ0n) is 15.3. The van der Waals surface area contributed by atoms with Gasteiger partial charge in [0.2, 0.25) is 0 Å². The Hall–Kier alpha value is -3.73.